The van der Waals surface area contributed by atoms with Gasteiger partial charge >= 0.3 is 0 Å². The SMILES string of the molecule is OCCCCCNCc1ccc(OCc2ccccc2Cl)cc1. The molecule has 0 fully saturated rings. The second kappa shape index (κ2) is 10.3. The Kier molecular flexibility index (Phi) is 7.95. The molecule has 2 N–H and O–H groups in total. The van der Waals surface area contributed by atoms with E-state index >= 15 is 0 Å². The van der Waals surface area contributed by atoms with Crippen LogP contribution < -0.4 is 10.1 Å². The standard InChI is InChI=1S/C19H24ClNO2/c20-19-7-3-2-6-17(19)15-23-18-10-8-16(9-11-18)14-21-12-4-1-5-13-22/h2-3,6-11,21-22H,1,4-5,12-15H2. The van der Waals surface area contributed by atoms with Crippen LogP contribution in [0.25, 0.3) is 0 Å². The molecular weight excluding hydrogens is 310 g/mol. The second-order valence-electron chi connectivity index (χ2n) is 5.49. The monoisotopic (exact) mass is 333 g/mol. The average molecular weight is 334 g/mol. The van der Waals surface area contributed by atoms with Gasteiger partial charge in [-0.2, -0.15) is 0 Å². The summed E-state index contributed by atoms with van der Waals surface area (Å²) in [6, 6.07) is 15.8. The van der Waals surface area contributed by atoms with Gasteiger partial charge in [-0.3, -0.25) is 0 Å². The van der Waals surface area contributed by atoms with Crippen molar-refractivity contribution in [3.05, 3.63) is 64.7 Å². The van der Waals surface area contributed by atoms with Crippen LogP contribution in [0.5, 0.6) is 5.75 Å². The minimum atomic E-state index is 0.287. The van der Waals surface area contributed by atoms with Crippen LogP contribution in [0.4, 0.5) is 0 Å². The molecule has 0 saturated carbocycles. The van der Waals surface area contributed by atoms with E-state index in [1.807, 2.05) is 36.4 Å². The van der Waals surface area contributed by atoms with Gasteiger partial charge in [-0.25, -0.2) is 0 Å². The maximum absolute atomic E-state index is 8.72. The van der Waals surface area contributed by atoms with Crippen LogP contribution in [0.3, 0.4) is 0 Å². The Morgan fingerprint density at radius 2 is 1.74 bits per heavy atom. The second-order valence-corrected chi connectivity index (χ2v) is 5.89. The van der Waals surface area contributed by atoms with Crippen molar-refractivity contribution in [2.75, 3.05) is 13.2 Å². The topological polar surface area (TPSA) is 41.5 Å². The van der Waals surface area contributed by atoms with Crippen LogP contribution in [-0.2, 0) is 13.2 Å². The first-order valence-corrected chi connectivity index (χ1v) is 8.44. The van der Waals surface area contributed by atoms with E-state index in [2.05, 4.69) is 17.4 Å². The number of unbranched alkanes of at least 4 members (excludes halogenated alkanes) is 2. The van der Waals surface area contributed by atoms with Crippen molar-refractivity contribution in [3.8, 4) is 5.75 Å². The minimum absolute atomic E-state index is 0.287. The minimum Gasteiger partial charge on any atom is -0.489 e. The van der Waals surface area contributed by atoms with Crippen molar-refractivity contribution >= 4 is 11.6 Å². The molecule has 0 heterocycles. The van der Waals surface area contributed by atoms with Crippen LogP contribution >= 0.6 is 11.6 Å². The molecule has 2 aromatic rings. The van der Waals surface area contributed by atoms with E-state index < -0.39 is 0 Å². The number of nitrogens with one attached hydrogen (secondary N) is 1. The summed E-state index contributed by atoms with van der Waals surface area (Å²) in [5, 5.41) is 12.9. The molecule has 124 valence electrons. The predicted octanol–water partition coefficient (Wildman–Crippen LogP) is 4.17. The largest absolute Gasteiger partial charge is 0.489 e. The molecule has 0 radical (unpaired) electrons. The van der Waals surface area contributed by atoms with Gasteiger partial charge in [0, 0.05) is 23.7 Å². The molecule has 0 bridgehead atoms. The molecule has 0 saturated heterocycles. The fourth-order valence-corrected chi connectivity index (χ4v) is 2.44. The van der Waals surface area contributed by atoms with Crippen molar-refractivity contribution in [2.45, 2.75) is 32.4 Å². The molecule has 0 amide bonds. The fraction of sp³-hybridized carbons (Fsp3) is 0.368. The van der Waals surface area contributed by atoms with Crippen molar-refractivity contribution in [3.63, 3.8) is 0 Å². The van der Waals surface area contributed by atoms with Gasteiger partial charge in [-0.15, -0.1) is 0 Å². The Balaban J connectivity index is 1.71. The Labute approximate surface area is 143 Å². The van der Waals surface area contributed by atoms with Crippen LogP contribution in [0.2, 0.25) is 5.02 Å². The summed E-state index contributed by atoms with van der Waals surface area (Å²) in [5.41, 5.74) is 2.22. The molecule has 4 heteroatoms. The van der Waals surface area contributed by atoms with E-state index in [0.29, 0.717) is 6.61 Å². The summed E-state index contributed by atoms with van der Waals surface area (Å²) in [6.07, 6.45) is 3.05. The van der Waals surface area contributed by atoms with E-state index in [1.54, 1.807) is 0 Å². The van der Waals surface area contributed by atoms with Crippen molar-refractivity contribution in [2.24, 2.45) is 0 Å². The van der Waals surface area contributed by atoms with E-state index in [-0.39, 0.29) is 6.61 Å². The number of aliphatic hydroxyl groups excluding tert-OH is 1. The number of halogens is 1. The summed E-state index contributed by atoms with van der Waals surface area (Å²) < 4.78 is 5.77. The van der Waals surface area contributed by atoms with Gasteiger partial charge in [0.05, 0.1) is 0 Å². The predicted molar refractivity (Wildman–Crippen MR) is 94.9 cm³/mol. The zero-order chi connectivity index (χ0) is 16.3. The highest BCUT2D eigenvalue weighted by Crippen LogP contribution is 2.19. The number of hydrogen-bond donors (Lipinski definition) is 2. The van der Waals surface area contributed by atoms with Crippen LogP contribution in [0.1, 0.15) is 30.4 Å². The lowest BCUT2D eigenvalue weighted by atomic mass is 10.2. The first kappa shape index (κ1) is 17.8. The summed E-state index contributed by atoms with van der Waals surface area (Å²) in [5.74, 6) is 0.844. The first-order valence-electron chi connectivity index (χ1n) is 8.06. The first-order chi connectivity index (χ1) is 11.3. The van der Waals surface area contributed by atoms with Crippen molar-refractivity contribution < 1.29 is 9.84 Å². The molecular formula is C19H24ClNO2. The van der Waals surface area contributed by atoms with E-state index in [0.717, 1.165) is 48.7 Å². The van der Waals surface area contributed by atoms with Gasteiger partial charge in [-0.05, 0) is 49.6 Å². The number of rotatable bonds is 10. The molecule has 23 heavy (non-hydrogen) atoms. The molecule has 2 aromatic carbocycles. The lowest BCUT2D eigenvalue weighted by Crippen LogP contribution is -2.14. The molecule has 0 aliphatic rings. The summed E-state index contributed by atoms with van der Waals surface area (Å²) in [4.78, 5) is 0. The van der Waals surface area contributed by atoms with E-state index in [9.17, 15) is 0 Å². The average Bonchev–Trinajstić information content (AvgIpc) is 2.58. The normalized spacial score (nSPS) is 10.7. The third-order valence-electron chi connectivity index (χ3n) is 3.62. The quantitative estimate of drug-likeness (QED) is 0.641. The summed E-state index contributed by atoms with van der Waals surface area (Å²) in [7, 11) is 0. The van der Waals surface area contributed by atoms with Gasteiger partial charge in [0.25, 0.3) is 0 Å². The zero-order valence-electron chi connectivity index (χ0n) is 13.3. The molecule has 0 unspecified atom stereocenters. The third kappa shape index (κ3) is 6.61. The highest BCUT2D eigenvalue weighted by Gasteiger charge is 2.01. The lowest BCUT2D eigenvalue weighted by Gasteiger charge is -2.09. The smallest absolute Gasteiger partial charge is 0.119 e. The molecule has 0 atom stereocenters. The van der Waals surface area contributed by atoms with Crippen LogP contribution in [0, 0.1) is 0 Å². The maximum Gasteiger partial charge on any atom is 0.119 e. The van der Waals surface area contributed by atoms with E-state index in [1.165, 1.54) is 5.56 Å². The highest BCUT2D eigenvalue weighted by atomic mass is 35.5. The van der Waals surface area contributed by atoms with Gasteiger partial charge in [0.15, 0.2) is 0 Å². The number of ether oxygens (including phenoxy) is 1. The number of aliphatic hydroxyl groups is 1. The number of benzene rings is 2. The van der Waals surface area contributed by atoms with Gasteiger partial charge in [0.1, 0.15) is 12.4 Å². The molecule has 0 aliphatic carbocycles. The Hall–Kier alpha value is -1.55. The van der Waals surface area contributed by atoms with Gasteiger partial charge < -0.3 is 15.2 Å². The van der Waals surface area contributed by atoms with Crippen LogP contribution in [-0.4, -0.2) is 18.3 Å². The Bertz CT molecular complexity index is 572. The van der Waals surface area contributed by atoms with Crippen molar-refractivity contribution in [1.82, 2.24) is 5.32 Å². The van der Waals surface area contributed by atoms with Crippen molar-refractivity contribution in [1.29, 1.82) is 0 Å². The highest BCUT2D eigenvalue weighted by molar-refractivity contribution is 6.31. The molecule has 0 aliphatic heterocycles. The Morgan fingerprint density at radius 1 is 0.957 bits per heavy atom. The lowest BCUT2D eigenvalue weighted by molar-refractivity contribution is 0.283. The maximum atomic E-state index is 8.72. The van der Waals surface area contributed by atoms with E-state index in [4.69, 9.17) is 21.4 Å². The molecule has 0 spiro atoms. The molecule has 3 nitrogen and oxygen atoms in total. The van der Waals surface area contributed by atoms with Crippen LogP contribution in [0.15, 0.2) is 48.5 Å². The zero-order valence-corrected chi connectivity index (χ0v) is 14.1. The fourth-order valence-electron chi connectivity index (χ4n) is 2.25. The summed E-state index contributed by atoms with van der Waals surface area (Å²) >= 11 is 6.12. The number of hydrogen-bond acceptors (Lipinski definition) is 3. The molecule has 0 aromatic heterocycles. The third-order valence-corrected chi connectivity index (χ3v) is 3.99. The molecule has 2 rings (SSSR count). The summed E-state index contributed by atoms with van der Waals surface area (Å²) in [6.45, 7) is 2.59. The Morgan fingerprint density at radius 3 is 2.48 bits per heavy atom. The van der Waals surface area contributed by atoms with Gasteiger partial charge in [-0.1, -0.05) is 41.9 Å². The van der Waals surface area contributed by atoms with Gasteiger partial charge in [0.2, 0.25) is 0 Å².